The SMILES string of the molecule is CC1CC(NC(=O)C2CNC(=O)C2)CCN1. The summed E-state index contributed by atoms with van der Waals surface area (Å²) >= 11 is 0. The third-order valence-corrected chi connectivity index (χ3v) is 3.32. The van der Waals surface area contributed by atoms with Crippen molar-refractivity contribution in [2.24, 2.45) is 5.92 Å². The van der Waals surface area contributed by atoms with E-state index in [0.717, 1.165) is 19.4 Å². The molecular weight excluding hydrogens is 206 g/mol. The van der Waals surface area contributed by atoms with Gasteiger partial charge in [0, 0.05) is 25.0 Å². The van der Waals surface area contributed by atoms with Crippen LogP contribution < -0.4 is 16.0 Å². The molecule has 0 aliphatic carbocycles. The average Bonchev–Trinajstić information content (AvgIpc) is 2.65. The van der Waals surface area contributed by atoms with Gasteiger partial charge in [0.2, 0.25) is 11.8 Å². The van der Waals surface area contributed by atoms with Crippen LogP contribution in [0.4, 0.5) is 0 Å². The Morgan fingerprint density at radius 1 is 1.50 bits per heavy atom. The summed E-state index contributed by atoms with van der Waals surface area (Å²) < 4.78 is 0. The standard InChI is InChI=1S/C11H19N3O2/c1-7-4-9(2-3-12-7)14-11(16)8-5-10(15)13-6-8/h7-9,12H,2-6H2,1H3,(H,13,15)(H,14,16). The fraction of sp³-hybridized carbons (Fsp3) is 0.818. The first-order chi connectivity index (χ1) is 7.65. The van der Waals surface area contributed by atoms with Crippen LogP contribution in [-0.2, 0) is 9.59 Å². The normalized spacial score (nSPS) is 34.6. The van der Waals surface area contributed by atoms with Gasteiger partial charge in [-0.15, -0.1) is 0 Å². The summed E-state index contributed by atoms with van der Waals surface area (Å²) in [5.41, 5.74) is 0. The second-order valence-electron chi connectivity index (χ2n) is 4.79. The molecule has 90 valence electrons. The monoisotopic (exact) mass is 225 g/mol. The number of hydrogen-bond acceptors (Lipinski definition) is 3. The lowest BCUT2D eigenvalue weighted by molar-refractivity contribution is -0.127. The molecular formula is C11H19N3O2. The Morgan fingerprint density at radius 3 is 2.94 bits per heavy atom. The van der Waals surface area contributed by atoms with Crippen molar-refractivity contribution >= 4 is 11.8 Å². The van der Waals surface area contributed by atoms with Gasteiger partial charge in [0.15, 0.2) is 0 Å². The molecule has 3 N–H and O–H groups in total. The van der Waals surface area contributed by atoms with E-state index in [1.807, 2.05) is 0 Å². The topological polar surface area (TPSA) is 70.2 Å². The van der Waals surface area contributed by atoms with Crippen LogP contribution in [0.3, 0.4) is 0 Å². The van der Waals surface area contributed by atoms with E-state index in [1.165, 1.54) is 0 Å². The first-order valence-electron chi connectivity index (χ1n) is 5.95. The van der Waals surface area contributed by atoms with Crippen molar-refractivity contribution in [3.8, 4) is 0 Å². The third kappa shape index (κ3) is 2.72. The van der Waals surface area contributed by atoms with Crippen LogP contribution in [0.15, 0.2) is 0 Å². The maximum Gasteiger partial charge on any atom is 0.225 e. The molecule has 2 aliphatic rings. The summed E-state index contributed by atoms with van der Waals surface area (Å²) in [5.74, 6) is -0.158. The molecule has 5 heteroatoms. The van der Waals surface area contributed by atoms with E-state index in [9.17, 15) is 9.59 Å². The van der Waals surface area contributed by atoms with Gasteiger partial charge in [0.1, 0.15) is 0 Å². The van der Waals surface area contributed by atoms with Gasteiger partial charge >= 0.3 is 0 Å². The molecule has 0 aromatic heterocycles. The Hall–Kier alpha value is -1.10. The number of carbonyl (C=O) groups is 2. The largest absolute Gasteiger partial charge is 0.355 e. The van der Waals surface area contributed by atoms with Crippen molar-refractivity contribution in [3.05, 3.63) is 0 Å². The number of piperidine rings is 1. The van der Waals surface area contributed by atoms with E-state index in [1.54, 1.807) is 0 Å². The number of hydrogen-bond donors (Lipinski definition) is 3. The minimum absolute atomic E-state index is 0.0150. The highest BCUT2D eigenvalue weighted by Crippen LogP contribution is 2.12. The molecule has 2 amide bonds. The lowest BCUT2D eigenvalue weighted by Crippen LogP contribution is -2.48. The third-order valence-electron chi connectivity index (χ3n) is 3.32. The number of rotatable bonds is 2. The highest BCUT2D eigenvalue weighted by atomic mass is 16.2. The van der Waals surface area contributed by atoms with Gasteiger partial charge < -0.3 is 16.0 Å². The van der Waals surface area contributed by atoms with Gasteiger partial charge in [-0.1, -0.05) is 0 Å². The van der Waals surface area contributed by atoms with Crippen molar-refractivity contribution in [1.29, 1.82) is 0 Å². The van der Waals surface area contributed by atoms with E-state index in [2.05, 4.69) is 22.9 Å². The lowest BCUT2D eigenvalue weighted by Gasteiger charge is -2.29. The second-order valence-corrected chi connectivity index (χ2v) is 4.79. The molecule has 3 unspecified atom stereocenters. The van der Waals surface area contributed by atoms with Crippen molar-refractivity contribution in [1.82, 2.24) is 16.0 Å². The minimum atomic E-state index is -0.169. The number of nitrogens with one attached hydrogen (secondary N) is 3. The Morgan fingerprint density at radius 2 is 2.31 bits per heavy atom. The van der Waals surface area contributed by atoms with Crippen LogP contribution in [0.5, 0.6) is 0 Å². The molecule has 3 atom stereocenters. The van der Waals surface area contributed by atoms with Crippen molar-refractivity contribution in [3.63, 3.8) is 0 Å². The fourth-order valence-electron chi connectivity index (χ4n) is 2.37. The van der Waals surface area contributed by atoms with Crippen LogP contribution in [-0.4, -0.2) is 37.0 Å². The van der Waals surface area contributed by atoms with Crippen LogP contribution >= 0.6 is 0 Å². The highest BCUT2D eigenvalue weighted by Gasteiger charge is 2.30. The first-order valence-corrected chi connectivity index (χ1v) is 5.95. The van der Waals surface area contributed by atoms with Crippen LogP contribution in [0, 0.1) is 5.92 Å². The highest BCUT2D eigenvalue weighted by molar-refractivity contribution is 5.89. The predicted octanol–water partition coefficient (Wildman–Crippen LogP) is -0.621. The van der Waals surface area contributed by atoms with Crippen molar-refractivity contribution in [2.45, 2.75) is 38.3 Å². The summed E-state index contributed by atoms with van der Waals surface area (Å²) in [6.07, 6.45) is 2.29. The maximum atomic E-state index is 11.8. The smallest absolute Gasteiger partial charge is 0.225 e. The lowest BCUT2D eigenvalue weighted by atomic mass is 9.99. The second kappa shape index (κ2) is 4.82. The molecule has 0 radical (unpaired) electrons. The molecule has 0 saturated carbocycles. The van der Waals surface area contributed by atoms with Crippen molar-refractivity contribution < 1.29 is 9.59 Å². The van der Waals surface area contributed by atoms with E-state index in [0.29, 0.717) is 19.0 Å². The first kappa shape index (κ1) is 11.4. The summed E-state index contributed by atoms with van der Waals surface area (Å²) in [4.78, 5) is 22.8. The molecule has 2 fully saturated rings. The van der Waals surface area contributed by atoms with Crippen LogP contribution in [0.1, 0.15) is 26.2 Å². The van der Waals surface area contributed by atoms with Gasteiger partial charge in [-0.2, -0.15) is 0 Å². The van der Waals surface area contributed by atoms with Crippen molar-refractivity contribution in [2.75, 3.05) is 13.1 Å². The molecule has 0 aromatic carbocycles. The number of amides is 2. The summed E-state index contributed by atoms with van der Waals surface area (Å²) in [6, 6.07) is 0.724. The zero-order valence-corrected chi connectivity index (χ0v) is 9.58. The summed E-state index contributed by atoms with van der Waals surface area (Å²) in [5, 5.41) is 9.07. The van der Waals surface area contributed by atoms with E-state index >= 15 is 0 Å². The molecule has 0 aromatic rings. The Kier molecular flexibility index (Phi) is 3.43. The van der Waals surface area contributed by atoms with Crippen LogP contribution in [0.25, 0.3) is 0 Å². The molecule has 16 heavy (non-hydrogen) atoms. The molecule has 2 rings (SSSR count). The van der Waals surface area contributed by atoms with Gasteiger partial charge in [-0.25, -0.2) is 0 Å². The summed E-state index contributed by atoms with van der Waals surface area (Å²) in [6.45, 7) is 3.57. The zero-order valence-electron chi connectivity index (χ0n) is 9.58. The van der Waals surface area contributed by atoms with E-state index < -0.39 is 0 Å². The number of carbonyl (C=O) groups excluding carboxylic acids is 2. The van der Waals surface area contributed by atoms with E-state index in [-0.39, 0.29) is 23.8 Å². The Bertz CT molecular complexity index is 293. The molecule has 0 spiro atoms. The van der Waals surface area contributed by atoms with Gasteiger partial charge in [0.25, 0.3) is 0 Å². The molecule has 2 heterocycles. The predicted molar refractivity (Wildman–Crippen MR) is 59.7 cm³/mol. The molecule has 2 saturated heterocycles. The van der Waals surface area contributed by atoms with Gasteiger partial charge in [-0.3, -0.25) is 9.59 Å². The van der Waals surface area contributed by atoms with Gasteiger partial charge in [0.05, 0.1) is 5.92 Å². The van der Waals surface area contributed by atoms with Gasteiger partial charge in [-0.05, 0) is 26.3 Å². The minimum Gasteiger partial charge on any atom is -0.355 e. The summed E-state index contributed by atoms with van der Waals surface area (Å²) in [7, 11) is 0. The average molecular weight is 225 g/mol. The van der Waals surface area contributed by atoms with E-state index in [4.69, 9.17) is 0 Å². The maximum absolute atomic E-state index is 11.8. The fourth-order valence-corrected chi connectivity index (χ4v) is 2.37. The Labute approximate surface area is 95.3 Å². The Balaban J connectivity index is 1.80. The molecule has 0 bridgehead atoms. The zero-order chi connectivity index (χ0) is 11.5. The van der Waals surface area contributed by atoms with Crippen LogP contribution in [0.2, 0.25) is 0 Å². The molecule has 2 aliphatic heterocycles. The molecule has 5 nitrogen and oxygen atoms in total. The quantitative estimate of drug-likeness (QED) is 0.586.